The first-order chi connectivity index (χ1) is 11.4. The number of phenols is 1. The van der Waals surface area contributed by atoms with Crippen LogP contribution in [0.5, 0.6) is 5.75 Å². The first kappa shape index (κ1) is 15.5. The molecule has 0 saturated carbocycles. The molecule has 7 heteroatoms. The molecule has 3 aromatic rings. The number of hydrogen-bond donors (Lipinski definition) is 3. The molecule has 0 bridgehead atoms. The molecule has 2 aromatic carbocycles. The molecule has 0 saturated heterocycles. The second-order valence-electron chi connectivity index (χ2n) is 5.44. The van der Waals surface area contributed by atoms with Crippen LogP contribution in [0.15, 0.2) is 42.7 Å². The van der Waals surface area contributed by atoms with Crippen molar-refractivity contribution in [1.82, 2.24) is 15.0 Å². The van der Waals surface area contributed by atoms with Crippen LogP contribution in [0, 0.1) is 13.8 Å². The number of fused-ring (bicyclic) bond motifs is 1. The smallest absolute Gasteiger partial charge is 0.289 e. The highest BCUT2D eigenvalue weighted by atomic mass is 16.3. The molecular weight excluding hydrogens is 308 g/mol. The normalized spacial score (nSPS) is 10.8. The molecule has 0 spiro atoms. The lowest BCUT2D eigenvalue weighted by Gasteiger charge is -2.15. The number of anilines is 1. The molecule has 122 valence electrons. The molecule has 0 atom stereocenters. The number of phenolic OH excluding ortho intramolecular Hbond substituents is 1. The van der Waals surface area contributed by atoms with E-state index in [1.54, 1.807) is 13.0 Å². The van der Waals surface area contributed by atoms with Gasteiger partial charge in [-0.1, -0.05) is 18.7 Å². The predicted molar refractivity (Wildman–Crippen MR) is 90.4 cm³/mol. The SMILES string of the molecule is C=C(O)C(=O)Nc1c(C)c(C)cc(-n2nc3ccccc3n2)c1O. The van der Waals surface area contributed by atoms with Gasteiger partial charge in [0.25, 0.3) is 5.91 Å². The van der Waals surface area contributed by atoms with E-state index in [2.05, 4.69) is 22.1 Å². The Morgan fingerprint density at radius 3 is 2.33 bits per heavy atom. The van der Waals surface area contributed by atoms with Crippen LogP contribution >= 0.6 is 0 Å². The molecule has 1 heterocycles. The number of carbonyl (C=O) groups excluding carboxylic acids is 1. The maximum Gasteiger partial charge on any atom is 0.289 e. The van der Waals surface area contributed by atoms with Gasteiger partial charge in [0.05, 0.1) is 5.69 Å². The van der Waals surface area contributed by atoms with Crippen LogP contribution in [0.3, 0.4) is 0 Å². The van der Waals surface area contributed by atoms with Gasteiger partial charge in [-0.15, -0.1) is 15.0 Å². The van der Waals surface area contributed by atoms with Crippen LogP contribution in [0.2, 0.25) is 0 Å². The summed E-state index contributed by atoms with van der Waals surface area (Å²) >= 11 is 0. The molecule has 24 heavy (non-hydrogen) atoms. The summed E-state index contributed by atoms with van der Waals surface area (Å²) in [6.07, 6.45) is 0. The molecule has 0 aliphatic rings. The number of aromatic hydroxyl groups is 1. The summed E-state index contributed by atoms with van der Waals surface area (Å²) in [6, 6.07) is 9.05. The maximum absolute atomic E-state index is 11.7. The fraction of sp³-hybridized carbons (Fsp3) is 0.118. The predicted octanol–water partition coefficient (Wildman–Crippen LogP) is 2.75. The van der Waals surface area contributed by atoms with Crippen LogP contribution in [-0.4, -0.2) is 31.1 Å². The van der Waals surface area contributed by atoms with Gasteiger partial charge < -0.3 is 15.5 Å². The summed E-state index contributed by atoms with van der Waals surface area (Å²) in [5, 5.41) is 30.9. The van der Waals surface area contributed by atoms with Crippen molar-refractivity contribution >= 4 is 22.6 Å². The number of nitrogens with zero attached hydrogens (tertiary/aromatic N) is 3. The standard InChI is InChI=1S/C17H16N4O3/c1-9-8-14(21-19-12-6-4-5-7-13(12)20-21)16(23)15(10(9)2)18-17(24)11(3)22/h4-8,22-23H,3H2,1-2H3,(H,18,24). The number of aryl methyl sites for hydroxylation is 1. The summed E-state index contributed by atoms with van der Waals surface area (Å²) in [5.41, 5.74) is 3.37. The molecule has 0 fully saturated rings. The summed E-state index contributed by atoms with van der Waals surface area (Å²) in [7, 11) is 0. The minimum Gasteiger partial charge on any atom is -0.504 e. The van der Waals surface area contributed by atoms with Gasteiger partial charge in [0.2, 0.25) is 0 Å². The van der Waals surface area contributed by atoms with Crippen molar-refractivity contribution < 1.29 is 15.0 Å². The van der Waals surface area contributed by atoms with Crippen molar-refractivity contribution in [3.63, 3.8) is 0 Å². The Bertz CT molecular complexity index is 942. The third kappa shape index (κ3) is 2.56. The molecule has 0 radical (unpaired) electrons. The number of aliphatic hydroxyl groups excluding tert-OH is 1. The zero-order valence-electron chi connectivity index (χ0n) is 13.2. The lowest BCUT2D eigenvalue weighted by atomic mass is 10.1. The minimum absolute atomic E-state index is 0.187. The van der Waals surface area contributed by atoms with Crippen molar-refractivity contribution in [2.24, 2.45) is 0 Å². The number of amides is 1. The van der Waals surface area contributed by atoms with Gasteiger partial charge in [0.1, 0.15) is 16.7 Å². The lowest BCUT2D eigenvalue weighted by Crippen LogP contribution is -2.15. The average Bonchev–Trinajstić information content (AvgIpc) is 2.98. The molecule has 1 aromatic heterocycles. The molecule has 3 N–H and O–H groups in total. The number of carbonyl (C=O) groups is 1. The number of nitrogens with one attached hydrogen (secondary N) is 1. The average molecular weight is 324 g/mol. The molecular formula is C17H16N4O3. The van der Waals surface area contributed by atoms with Gasteiger partial charge in [-0.25, -0.2) is 0 Å². The largest absolute Gasteiger partial charge is 0.504 e. The monoisotopic (exact) mass is 324 g/mol. The fourth-order valence-corrected chi connectivity index (χ4v) is 2.34. The highest BCUT2D eigenvalue weighted by Gasteiger charge is 2.19. The van der Waals surface area contributed by atoms with E-state index in [-0.39, 0.29) is 11.4 Å². The van der Waals surface area contributed by atoms with Crippen LogP contribution in [0.25, 0.3) is 16.7 Å². The number of hydrogen-bond acceptors (Lipinski definition) is 5. The highest BCUT2D eigenvalue weighted by molar-refractivity contribution is 6.03. The quantitative estimate of drug-likeness (QED) is 0.391. The van der Waals surface area contributed by atoms with Crippen LogP contribution < -0.4 is 5.32 Å². The van der Waals surface area contributed by atoms with E-state index >= 15 is 0 Å². The Labute approximate surface area is 137 Å². The zero-order chi connectivity index (χ0) is 17.4. The fourth-order valence-electron chi connectivity index (χ4n) is 2.34. The van der Waals surface area contributed by atoms with Gasteiger partial charge in [0.15, 0.2) is 11.5 Å². The van der Waals surface area contributed by atoms with E-state index in [0.717, 1.165) is 5.56 Å². The van der Waals surface area contributed by atoms with E-state index in [1.807, 2.05) is 31.2 Å². The maximum atomic E-state index is 11.7. The molecule has 0 unspecified atom stereocenters. The van der Waals surface area contributed by atoms with E-state index in [9.17, 15) is 15.0 Å². The molecule has 0 aliphatic carbocycles. The van der Waals surface area contributed by atoms with Crippen LogP contribution in [-0.2, 0) is 4.79 Å². The van der Waals surface area contributed by atoms with Crippen LogP contribution in [0.4, 0.5) is 5.69 Å². The molecule has 7 nitrogen and oxygen atoms in total. The number of rotatable bonds is 3. The third-order valence-corrected chi connectivity index (χ3v) is 3.80. The van der Waals surface area contributed by atoms with Crippen LogP contribution in [0.1, 0.15) is 11.1 Å². The highest BCUT2D eigenvalue weighted by Crippen LogP contribution is 2.36. The number of aliphatic hydroxyl groups is 1. The number of benzene rings is 2. The zero-order valence-corrected chi connectivity index (χ0v) is 13.2. The summed E-state index contributed by atoms with van der Waals surface area (Å²) in [6.45, 7) is 6.76. The summed E-state index contributed by atoms with van der Waals surface area (Å²) in [4.78, 5) is 13.0. The Kier molecular flexibility index (Phi) is 3.69. The van der Waals surface area contributed by atoms with Gasteiger partial charge in [0, 0.05) is 0 Å². The van der Waals surface area contributed by atoms with Gasteiger partial charge in [-0.05, 0) is 43.2 Å². The topological polar surface area (TPSA) is 100 Å². The van der Waals surface area contributed by atoms with Crippen molar-refractivity contribution in [2.75, 3.05) is 5.32 Å². The first-order valence-corrected chi connectivity index (χ1v) is 7.23. The van der Waals surface area contributed by atoms with Gasteiger partial charge in [-0.2, -0.15) is 0 Å². The van der Waals surface area contributed by atoms with Crippen molar-refractivity contribution in [2.45, 2.75) is 13.8 Å². The minimum atomic E-state index is -0.788. The van der Waals surface area contributed by atoms with Gasteiger partial charge >= 0.3 is 0 Å². The summed E-state index contributed by atoms with van der Waals surface area (Å²) in [5.74, 6) is -1.61. The van der Waals surface area contributed by atoms with Crippen molar-refractivity contribution in [1.29, 1.82) is 0 Å². The van der Waals surface area contributed by atoms with Crippen molar-refractivity contribution in [3.05, 3.63) is 53.8 Å². The van der Waals surface area contributed by atoms with E-state index in [0.29, 0.717) is 22.3 Å². The Balaban J connectivity index is 2.16. The first-order valence-electron chi connectivity index (χ1n) is 7.23. The van der Waals surface area contributed by atoms with E-state index in [1.165, 1.54) is 4.80 Å². The van der Waals surface area contributed by atoms with Gasteiger partial charge in [-0.3, -0.25) is 4.79 Å². The second kappa shape index (κ2) is 5.69. The lowest BCUT2D eigenvalue weighted by molar-refractivity contribution is -0.115. The van der Waals surface area contributed by atoms with E-state index in [4.69, 9.17) is 0 Å². The second-order valence-corrected chi connectivity index (χ2v) is 5.44. The Hall–Kier alpha value is -3.35. The molecule has 0 aliphatic heterocycles. The van der Waals surface area contributed by atoms with Crippen molar-refractivity contribution in [3.8, 4) is 11.4 Å². The Morgan fingerprint density at radius 2 is 1.79 bits per heavy atom. The number of aromatic nitrogens is 3. The van der Waals surface area contributed by atoms with E-state index < -0.39 is 11.7 Å². The Morgan fingerprint density at radius 1 is 1.21 bits per heavy atom. The molecule has 3 rings (SSSR count). The third-order valence-electron chi connectivity index (χ3n) is 3.80. The summed E-state index contributed by atoms with van der Waals surface area (Å²) < 4.78 is 0. The molecule has 1 amide bonds.